The van der Waals surface area contributed by atoms with Crippen LogP contribution in [0.15, 0.2) is 33.2 Å². The maximum atomic E-state index is 13.6. The number of aromatic hydroxyl groups is 1. The number of aromatic nitrogens is 1. The highest BCUT2D eigenvalue weighted by atomic mass is 16.3. The third kappa shape index (κ3) is 8.97. The molecule has 1 aromatic carbocycles. The van der Waals surface area contributed by atoms with Crippen molar-refractivity contribution >= 4 is 17.3 Å². The fraction of sp³-hybridized carbons (Fsp3) is 0.606. The number of rotatable bonds is 17. The molecule has 0 spiro atoms. The van der Waals surface area contributed by atoms with Crippen LogP contribution in [0, 0.1) is 11.3 Å². The van der Waals surface area contributed by atoms with Gasteiger partial charge in [-0.2, -0.15) is 10.4 Å². The third-order valence-electron chi connectivity index (χ3n) is 7.63. The largest absolute Gasteiger partial charge is 0.493 e. The Hall–Kier alpha value is -3.55. The summed E-state index contributed by atoms with van der Waals surface area (Å²) in [5.74, 6) is -0.819. The Balaban J connectivity index is 2.76. The average Bonchev–Trinajstić information content (AvgIpc) is 3.00. The van der Waals surface area contributed by atoms with Gasteiger partial charge in [0.15, 0.2) is 5.69 Å². The third-order valence-corrected chi connectivity index (χ3v) is 7.63. The molecule has 236 valence electrons. The minimum absolute atomic E-state index is 0.00344. The van der Waals surface area contributed by atoms with Crippen LogP contribution >= 0.6 is 0 Å². The van der Waals surface area contributed by atoms with E-state index < -0.39 is 11.8 Å². The Morgan fingerprint density at radius 2 is 1.63 bits per heavy atom. The molecule has 1 atom stereocenters. The Bertz CT molecular complexity index is 1340. The number of benzene rings is 1. The number of pyridine rings is 1. The fourth-order valence-corrected chi connectivity index (χ4v) is 5.04. The molecule has 2 N–H and O–H groups in total. The quantitative estimate of drug-likeness (QED) is 0.148. The lowest BCUT2D eigenvalue weighted by Gasteiger charge is -2.27. The first-order chi connectivity index (χ1) is 20.6. The summed E-state index contributed by atoms with van der Waals surface area (Å²) in [6, 6.07) is 7.06. The van der Waals surface area contributed by atoms with Crippen LogP contribution in [0.2, 0.25) is 0 Å². The van der Waals surface area contributed by atoms with E-state index in [1.807, 2.05) is 45.6 Å². The first-order valence-electron chi connectivity index (χ1n) is 15.8. The number of carbonyl (C=O) groups excluding carboxylic acids is 1. The number of hydrogen-bond donors (Lipinski definition) is 2. The van der Waals surface area contributed by atoms with Crippen molar-refractivity contribution in [2.24, 2.45) is 10.2 Å². The number of carbonyl (C=O) groups is 1. The highest BCUT2D eigenvalue weighted by molar-refractivity contribution is 5.95. The molecule has 1 unspecified atom stereocenters. The zero-order valence-electron chi connectivity index (χ0n) is 27.1. The molecule has 0 saturated carbocycles. The van der Waals surface area contributed by atoms with Crippen molar-refractivity contribution < 1.29 is 15.0 Å². The van der Waals surface area contributed by atoms with Crippen LogP contribution in [0.25, 0.3) is 0 Å². The molecule has 1 aromatic heterocycles. The number of nitriles is 1. The predicted octanol–water partition coefficient (Wildman–Crippen LogP) is 7.14. The van der Waals surface area contributed by atoms with Crippen LogP contribution in [0.4, 0.5) is 11.4 Å². The predicted molar refractivity (Wildman–Crippen MR) is 170 cm³/mol. The van der Waals surface area contributed by atoms with Crippen molar-refractivity contribution in [3.05, 3.63) is 50.8 Å². The number of aliphatic hydroxyl groups is 1. The molecular formula is C33H50N6O4. The van der Waals surface area contributed by atoms with E-state index in [9.17, 15) is 25.1 Å². The maximum absolute atomic E-state index is 13.6. The van der Waals surface area contributed by atoms with Gasteiger partial charge >= 0.3 is 0 Å². The van der Waals surface area contributed by atoms with Crippen molar-refractivity contribution in [2.75, 3.05) is 26.2 Å². The lowest BCUT2D eigenvalue weighted by Crippen LogP contribution is -2.32. The molecule has 0 radical (unpaired) electrons. The van der Waals surface area contributed by atoms with Gasteiger partial charge in [-0.05, 0) is 62.4 Å². The van der Waals surface area contributed by atoms with Gasteiger partial charge in [-0.3, -0.25) is 19.1 Å². The van der Waals surface area contributed by atoms with Gasteiger partial charge < -0.3 is 15.1 Å². The second-order valence-electron chi connectivity index (χ2n) is 11.1. The fourth-order valence-electron chi connectivity index (χ4n) is 5.04. The molecule has 43 heavy (non-hydrogen) atoms. The van der Waals surface area contributed by atoms with Gasteiger partial charge in [0, 0.05) is 37.3 Å². The van der Waals surface area contributed by atoms with Gasteiger partial charge in [0.05, 0.1) is 5.69 Å². The van der Waals surface area contributed by atoms with E-state index in [1.54, 1.807) is 23.1 Å². The molecule has 0 fully saturated rings. The minimum Gasteiger partial charge on any atom is -0.493 e. The highest BCUT2D eigenvalue weighted by Gasteiger charge is 2.25. The molecular weight excluding hydrogens is 544 g/mol. The van der Waals surface area contributed by atoms with Crippen LogP contribution < -0.4 is 5.56 Å². The van der Waals surface area contributed by atoms with Crippen LogP contribution in [0.3, 0.4) is 0 Å². The molecule has 2 aromatic rings. The summed E-state index contributed by atoms with van der Waals surface area (Å²) < 4.78 is 1.18. The first-order valence-corrected chi connectivity index (χ1v) is 15.8. The van der Waals surface area contributed by atoms with Crippen molar-refractivity contribution in [3.8, 4) is 11.9 Å². The smallest absolute Gasteiger partial charge is 0.281 e. The minimum atomic E-state index is -0.958. The van der Waals surface area contributed by atoms with Gasteiger partial charge in [-0.25, -0.2) is 0 Å². The van der Waals surface area contributed by atoms with Crippen molar-refractivity contribution in [1.82, 2.24) is 14.4 Å². The topological polar surface area (TPSA) is 135 Å². The molecule has 0 aliphatic carbocycles. The van der Waals surface area contributed by atoms with E-state index in [4.69, 9.17) is 0 Å². The molecule has 1 amide bonds. The molecule has 0 aliphatic rings. The van der Waals surface area contributed by atoms with Crippen LogP contribution in [0.1, 0.15) is 126 Å². The van der Waals surface area contributed by atoms with Crippen molar-refractivity contribution in [2.45, 2.75) is 106 Å². The zero-order valence-corrected chi connectivity index (χ0v) is 27.1. The number of aliphatic hydroxyl groups excluding tert-OH is 1. The molecule has 0 saturated heterocycles. The lowest BCUT2D eigenvalue weighted by atomic mass is 9.97. The van der Waals surface area contributed by atoms with Crippen molar-refractivity contribution in [1.29, 1.82) is 5.26 Å². The van der Waals surface area contributed by atoms with Gasteiger partial charge in [-0.1, -0.05) is 60.8 Å². The Morgan fingerprint density at radius 1 is 0.977 bits per heavy atom. The Labute approximate surface area is 256 Å². The summed E-state index contributed by atoms with van der Waals surface area (Å²) in [6.07, 6.45) is 4.20. The molecule has 10 nitrogen and oxygen atoms in total. The lowest BCUT2D eigenvalue weighted by molar-refractivity contribution is 0.00444. The number of azo groups is 1. The van der Waals surface area contributed by atoms with E-state index in [-0.39, 0.29) is 35.5 Å². The molecule has 10 heteroatoms. The Kier molecular flexibility index (Phi) is 14.5. The second kappa shape index (κ2) is 17.5. The average molecular weight is 595 g/mol. The summed E-state index contributed by atoms with van der Waals surface area (Å²) in [5, 5.41) is 40.8. The first kappa shape index (κ1) is 35.6. The number of amides is 1. The van der Waals surface area contributed by atoms with Crippen LogP contribution in [-0.4, -0.2) is 56.7 Å². The molecule has 0 bridgehead atoms. The van der Waals surface area contributed by atoms with E-state index >= 15 is 0 Å². The normalized spacial score (nSPS) is 12.3. The van der Waals surface area contributed by atoms with Gasteiger partial charge in [0.2, 0.25) is 5.88 Å². The standard InChI is InChI=1S/C33H50N6O4/c1-8-13-16-37(11-4)30(40)24-19-25(31(41)38(12-5)17-14-9-2)21-26(20-24)35-36-29-28(23(6)7)27(22-34)32(42)39(33(29)43)18-15-10-3/h19-21,23,30,40,42H,8-18H2,1-7H3. The van der Waals surface area contributed by atoms with Gasteiger partial charge in [-0.15, -0.1) is 5.11 Å². The summed E-state index contributed by atoms with van der Waals surface area (Å²) in [4.78, 5) is 30.9. The highest BCUT2D eigenvalue weighted by Crippen LogP contribution is 2.34. The van der Waals surface area contributed by atoms with Crippen LogP contribution in [0.5, 0.6) is 5.88 Å². The molecule has 1 heterocycles. The van der Waals surface area contributed by atoms with Gasteiger partial charge in [0.1, 0.15) is 17.9 Å². The maximum Gasteiger partial charge on any atom is 0.281 e. The molecule has 2 rings (SSSR count). The number of unbranched alkanes of at least 4 members (excludes halogenated alkanes) is 3. The van der Waals surface area contributed by atoms with E-state index in [0.717, 1.165) is 32.1 Å². The summed E-state index contributed by atoms with van der Waals surface area (Å²) in [7, 11) is 0. The SMILES string of the molecule is CCCCN(CC)C(=O)c1cc(N=Nc2c(C(C)C)c(C#N)c(O)n(CCCC)c2=O)cc(C(O)N(CC)CCCC)c1. The van der Waals surface area contributed by atoms with Crippen molar-refractivity contribution in [3.63, 3.8) is 0 Å². The van der Waals surface area contributed by atoms with Gasteiger partial charge in [0.25, 0.3) is 11.5 Å². The zero-order chi connectivity index (χ0) is 32.1. The Morgan fingerprint density at radius 3 is 2.19 bits per heavy atom. The van der Waals surface area contributed by atoms with E-state index in [2.05, 4.69) is 24.1 Å². The monoisotopic (exact) mass is 594 g/mol. The summed E-state index contributed by atoms with van der Waals surface area (Å²) in [5.41, 5.74) is 0.971. The van der Waals surface area contributed by atoms with E-state index in [1.165, 1.54) is 4.57 Å². The summed E-state index contributed by atoms with van der Waals surface area (Å²) >= 11 is 0. The second-order valence-corrected chi connectivity index (χ2v) is 11.1. The van der Waals surface area contributed by atoms with E-state index in [0.29, 0.717) is 55.0 Å². The molecule has 0 aliphatic heterocycles. The van der Waals surface area contributed by atoms with Crippen LogP contribution in [-0.2, 0) is 6.54 Å². The number of hydrogen-bond acceptors (Lipinski definition) is 8. The summed E-state index contributed by atoms with van der Waals surface area (Å²) in [6.45, 7) is 16.4. The number of nitrogens with zero attached hydrogens (tertiary/aromatic N) is 6.